The fourth-order valence-corrected chi connectivity index (χ4v) is 5.12. The fourth-order valence-electron chi connectivity index (χ4n) is 3.80. The zero-order chi connectivity index (χ0) is 23.8. The minimum Gasteiger partial charge on any atom is -0.342 e. The van der Waals surface area contributed by atoms with Crippen LogP contribution in [0, 0.1) is 6.92 Å². The van der Waals surface area contributed by atoms with E-state index in [1.165, 1.54) is 11.8 Å². The number of nitrogens with one attached hydrogen (secondary N) is 1. The van der Waals surface area contributed by atoms with Crippen LogP contribution in [0.5, 0.6) is 0 Å². The molecule has 4 aromatic rings. The number of aromatic nitrogens is 1. The lowest BCUT2D eigenvalue weighted by molar-refractivity contribution is -0.115. The first-order chi connectivity index (χ1) is 16.4. The van der Waals surface area contributed by atoms with E-state index in [9.17, 15) is 4.79 Å². The number of fused-ring (bicyclic) bond motifs is 1. The van der Waals surface area contributed by atoms with Gasteiger partial charge in [-0.05, 0) is 66.2 Å². The van der Waals surface area contributed by atoms with Crippen molar-refractivity contribution in [2.75, 3.05) is 0 Å². The molecule has 8 heteroatoms. The van der Waals surface area contributed by atoms with Gasteiger partial charge in [-0.2, -0.15) is 0 Å². The van der Waals surface area contributed by atoms with Crippen molar-refractivity contribution < 1.29 is 4.79 Å². The smallest absolute Gasteiger partial charge is 0.264 e. The van der Waals surface area contributed by atoms with Crippen LogP contribution in [0.1, 0.15) is 16.7 Å². The van der Waals surface area contributed by atoms with Gasteiger partial charge in [0, 0.05) is 34.2 Å². The van der Waals surface area contributed by atoms with Gasteiger partial charge in [0.15, 0.2) is 5.17 Å². The molecule has 4 nitrogen and oxygen atoms in total. The second-order valence-electron chi connectivity index (χ2n) is 7.84. The molecule has 1 aliphatic rings. The molecule has 0 aliphatic carbocycles. The van der Waals surface area contributed by atoms with Crippen LogP contribution in [0.4, 0.5) is 5.69 Å². The molecule has 5 rings (SSSR count). The highest BCUT2D eigenvalue weighted by Gasteiger charge is 2.24. The molecular weight excluding hydrogens is 509 g/mol. The first kappa shape index (κ1) is 23.1. The lowest BCUT2D eigenvalue weighted by Crippen LogP contribution is -2.19. The average molecular weight is 527 g/mol. The zero-order valence-corrected chi connectivity index (χ0v) is 21.1. The molecule has 0 radical (unpaired) electrons. The number of hydrogen-bond donors (Lipinski definition) is 1. The largest absolute Gasteiger partial charge is 0.342 e. The number of carbonyl (C=O) groups excluding carboxylic acids is 1. The van der Waals surface area contributed by atoms with E-state index in [0.717, 1.165) is 33.3 Å². The van der Waals surface area contributed by atoms with Gasteiger partial charge in [0.1, 0.15) is 0 Å². The Balaban J connectivity index is 1.48. The fraction of sp³-hybridized carbons (Fsp3) is 0.0769. The number of rotatable bonds is 4. The average Bonchev–Trinajstić information content (AvgIpc) is 3.34. The van der Waals surface area contributed by atoms with Gasteiger partial charge in [-0.3, -0.25) is 4.79 Å². The molecule has 0 unspecified atom stereocenters. The lowest BCUT2D eigenvalue weighted by Gasteiger charge is -2.06. The number of hydrogen-bond acceptors (Lipinski definition) is 3. The number of nitrogens with zero attached hydrogens (tertiary/aromatic N) is 2. The molecule has 1 saturated heterocycles. The van der Waals surface area contributed by atoms with Crippen molar-refractivity contribution in [1.29, 1.82) is 0 Å². The second kappa shape index (κ2) is 9.51. The Morgan fingerprint density at radius 3 is 2.65 bits per heavy atom. The number of amides is 1. The third-order valence-electron chi connectivity index (χ3n) is 5.55. The molecule has 1 amide bonds. The summed E-state index contributed by atoms with van der Waals surface area (Å²) in [4.78, 5) is 17.9. The Morgan fingerprint density at radius 2 is 1.82 bits per heavy atom. The van der Waals surface area contributed by atoms with E-state index in [1.807, 2.05) is 61.7 Å². The highest BCUT2D eigenvalue weighted by Crippen LogP contribution is 2.33. The van der Waals surface area contributed by atoms with Gasteiger partial charge in [-0.25, -0.2) is 4.99 Å². The number of thioether (sulfide) groups is 1. The molecule has 1 N–H and O–H groups in total. The summed E-state index contributed by atoms with van der Waals surface area (Å²) in [5, 5.41) is 6.14. The Morgan fingerprint density at radius 1 is 1.00 bits per heavy atom. The molecular formula is C26H18Cl3N3OS. The third kappa shape index (κ3) is 4.62. The lowest BCUT2D eigenvalue weighted by atomic mass is 10.1. The summed E-state index contributed by atoms with van der Waals surface area (Å²) in [5.74, 6) is -0.176. The van der Waals surface area contributed by atoms with E-state index in [4.69, 9.17) is 34.8 Å². The normalized spacial score (nSPS) is 16.1. The maximum atomic E-state index is 12.7. The Labute approximate surface area is 216 Å². The summed E-state index contributed by atoms with van der Waals surface area (Å²) in [7, 11) is 0. The van der Waals surface area contributed by atoms with Crippen LogP contribution in [0.25, 0.3) is 17.0 Å². The summed E-state index contributed by atoms with van der Waals surface area (Å²) in [5.41, 5.74) is 4.65. The van der Waals surface area contributed by atoms with Gasteiger partial charge in [0.05, 0.1) is 20.6 Å². The molecule has 0 atom stereocenters. The van der Waals surface area contributed by atoms with Crippen LogP contribution in [-0.2, 0) is 11.3 Å². The van der Waals surface area contributed by atoms with Gasteiger partial charge in [-0.1, -0.05) is 65.1 Å². The van der Waals surface area contributed by atoms with Crippen LogP contribution >= 0.6 is 46.6 Å². The number of aliphatic imine (C=N–C) groups is 1. The summed E-state index contributed by atoms with van der Waals surface area (Å²) in [6.45, 7) is 2.53. The van der Waals surface area contributed by atoms with Crippen LogP contribution < -0.4 is 5.32 Å². The van der Waals surface area contributed by atoms with E-state index in [-0.39, 0.29) is 5.91 Å². The second-order valence-corrected chi connectivity index (χ2v) is 10.1. The van der Waals surface area contributed by atoms with Crippen molar-refractivity contribution >= 4 is 80.3 Å². The van der Waals surface area contributed by atoms with E-state index >= 15 is 0 Å². The summed E-state index contributed by atoms with van der Waals surface area (Å²) >= 11 is 19.8. The van der Waals surface area contributed by atoms with Gasteiger partial charge in [0.2, 0.25) is 0 Å². The van der Waals surface area contributed by atoms with Crippen LogP contribution in [-0.4, -0.2) is 15.6 Å². The maximum Gasteiger partial charge on any atom is 0.264 e. The third-order valence-corrected chi connectivity index (χ3v) is 7.61. The zero-order valence-electron chi connectivity index (χ0n) is 18.0. The van der Waals surface area contributed by atoms with Crippen LogP contribution in [0.2, 0.25) is 15.1 Å². The summed E-state index contributed by atoms with van der Waals surface area (Å²) in [6, 6.07) is 19.3. The number of carbonyl (C=O) groups is 1. The van der Waals surface area contributed by atoms with E-state index in [1.54, 1.807) is 6.07 Å². The summed E-state index contributed by atoms with van der Waals surface area (Å²) in [6.07, 6.45) is 3.95. The molecule has 1 aromatic heterocycles. The van der Waals surface area contributed by atoms with Crippen molar-refractivity contribution in [2.24, 2.45) is 4.99 Å². The molecule has 2 heterocycles. The first-order valence-corrected chi connectivity index (χ1v) is 12.4. The monoisotopic (exact) mass is 525 g/mol. The van der Waals surface area contributed by atoms with E-state index < -0.39 is 0 Å². The Bertz CT molecular complexity index is 1510. The Kier molecular flexibility index (Phi) is 6.45. The molecule has 34 heavy (non-hydrogen) atoms. The molecule has 3 aromatic carbocycles. The number of halogens is 3. The molecule has 0 saturated carbocycles. The molecule has 0 spiro atoms. The molecule has 0 bridgehead atoms. The number of benzene rings is 3. The Hall–Kier alpha value is -2.70. The SMILES string of the molecule is Cc1c(Cl)cccc1N=C1NC(=O)/C(=C\c2cn(Cc3ccc(Cl)c(Cl)c3)c3ccccc23)S1. The van der Waals surface area contributed by atoms with Crippen molar-refractivity contribution in [3.63, 3.8) is 0 Å². The minimum absolute atomic E-state index is 0.176. The molecule has 1 fully saturated rings. The summed E-state index contributed by atoms with van der Waals surface area (Å²) < 4.78 is 2.14. The highest BCUT2D eigenvalue weighted by molar-refractivity contribution is 8.18. The number of para-hydroxylation sites is 1. The molecule has 170 valence electrons. The van der Waals surface area contributed by atoms with Crippen molar-refractivity contribution in [1.82, 2.24) is 9.88 Å². The van der Waals surface area contributed by atoms with Gasteiger partial charge < -0.3 is 9.88 Å². The molecule has 1 aliphatic heterocycles. The van der Waals surface area contributed by atoms with E-state index in [2.05, 4.69) is 27.0 Å². The van der Waals surface area contributed by atoms with Crippen molar-refractivity contribution in [3.05, 3.63) is 104 Å². The van der Waals surface area contributed by atoms with Crippen molar-refractivity contribution in [2.45, 2.75) is 13.5 Å². The predicted octanol–water partition coefficient (Wildman–Crippen LogP) is 7.85. The van der Waals surface area contributed by atoms with Crippen LogP contribution in [0.15, 0.2) is 76.8 Å². The highest BCUT2D eigenvalue weighted by atomic mass is 35.5. The van der Waals surface area contributed by atoms with Crippen molar-refractivity contribution in [3.8, 4) is 0 Å². The van der Waals surface area contributed by atoms with Crippen LogP contribution in [0.3, 0.4) is 0 Å². The van der Waals surface area contributed by atoms with Gasteiger partial charge in [-0.15, -0.1) is 0 Å². The maximum absolute atomic E-state index is 12.7. The quantitative estimate of drug-likeness (QED) is 0.275. The van der Waals surface area contributed by atoms with E-state index in [0.29, 0.717) is 31.7 Å². The first-order valence-electron chi connectivity index (χ1n) is 10.5. The minimum atomic E-state index is -0.176. The van der Waals surface area contributed by atoms with Gasteiger partial charge in [0.25, 0.3) is 5.91 Å². The topological polar surface area (TPSA) is 46.4 Å². The number of amidine groups is 1. The van der Waals surface area contributed by atoms with Gasteiger partial charge >= 0.3 is 0 Å². The standard InChI is InChI=1S/C26H18Cl3N3OS/c1-15-19(27)6-4-7-22(15)30-26-31-25(33)24(34-26)12-17-14-32(23-8-3-2-5-18(17)23)13-16-9-10-20(28)21(29)11-16/h2-12,14H,13H2,1H3,(H,30,31,33)/b24-12+. The predicted molar refractivity (Wildman–Crippen MR) is 144 cm³/mol.